The van der Waals surface area contributed by atoms with E-state index < -0.39 is 5.41 Å². The Morgan fingerprint density at radius 1 is 1.38 bits per heavy atom. The molecule has 0 aliphatic carbocycles. The van der Waals surface area contributed by atoms with E-state index in [1.54, 1.807) is 0 Å². The molecule has 4 heteroatoms. The molecule has 16 heavy (non-hydrogen) atoms. The fraction of sp³-hybridized carbons (Fsp3) is 0.917. The van der Waals surface area contributed by atoms with Crippen molar-refractivity contribution in [2.45, 2.75) is 57.7 Å². The summed E-state index contributed by atoms with van der Waals surface area (Å²) in [6, 6.07) is 0.479. The van der Waals surface area contributed by atoms with Crippen molar-refractivity contribution in [3.63, 3.8) is 0 Å². The van der Waals surface area contributed by atoms with Gasteiger partial charge in [-0.25, -0.2) is 0 Å². The van der Waals surface area contributed by atoms with Crippen molar-refractivity contribution in [1.29, 1.82) is 0 Å². The summed E-state index contributed by atoms with van der Waals surface area (Å²) in [5.74, 6) is 0.506. The summed E-state index contributed by atoms with van der Waals surface area (Å²) in [6.45, 7) is 3.79. The molecule has 2 rings (SSSR count). The number of rotatable bonds is 2. The Labute approximate surface area is 102 Å². The lowest BCUT2D eigenvalue weighted by atomic mass is 9.90. The van der Waals surface area contributed by atoms with E-state index in [1.165, 1.54) is 0 Å². The van der Waals surface area contributed by atoms with Gasteiger partial charge in [0.2, 0.25) is 5.91 Å². The van der Waals surface area contributed by atoms with Gasteiger partial charge in [0.25, 0.3) is 0 Å². The van der Waals surface area contributed by atoms with Crippen LogP contribution in [-0.2, 0) is 4.79 Å². The fourth-order valence-electron chi connectivity index (χ4n) is 2.89. The van der Waals surface area contributed by atoms with Crippen LogP contribution >= 0.6 is 11.6 Å². The first-order chi connectivity index (χ1) is 7.45. The maximum absolute atomic E-state index is 12.4. The number of halogens is 1. The predicted molar refractivity (Wildman–Crippen MR) is 63.4 cm³/mol. The molecule has 1 amide bonds. The zero-order chi connectivity index (χ0) is 11.9. The number of amides is 1. The summed E-state index contributed by atoms with van der Waals surface area (Å²) in [4.78, 5) is 14.4. The van der Waals surface area contributed by atoms with Gasteiger partial charge in [-0.2, -0.15) is 0 Å². The van der Waals surface area contributed by atoms with Gasteiger partial charge in [0.1, 0.15) is 0 Å². The summed E-state index contributed by atoms with van der Waals surface area (Å²) in [5.41, 5.74) is -0.481. The number of carbonyl (C=O) groups is 1. The first kappa shape index (κ1) is 12.2. The van der Waals surface area contributed by atoms with E-state index in [1.807, 2.05) is 18.7 Å². The molecule has 2 fully saturated rings. The zero-order valence-corrected chi connectivity index (χ0v) is 10.7. The van der Waals surface area contributed by atoms with Crippen LogP contribution in [0.3, 0.4) is 0 Å². The third-order valence-corrected chi connectivity index (χ3v) is 4.52. The normalized spacial score (nSPS) is 34.2. The summed E-state index contributed by atoms with van der Waals surface area (Å²) in [6.07, 6.45) is 3.32. The smallest absolute Gasteiger partial charge is 0.229 e. The second kappa shape index (κ2) is 4.19. The molecular weight excluding hydrogens is 226 g/mol. The second-order valence-corrected chi connectivity index (χ2v) is 6.01. The van der Waals surface area contributed by atoms with Crippen molar-refractivity contribution in [3.05, 3.63) is 0 Å². The molecule has 2 aliphatic rings. The molecule has 0 aromatic rings. The quantitative estimate of drug-likeness (QED) is 0.754. The van der Waals surface area contributed by atoms with Crippen LogP contribution in [0.1, 0.15) is 39.5 Å². The van der Waals surface area contributed by atoms with Gasteiger partial charge in [0.15, 0.2) is 0 Å². The highest BCUT2D eigenvalue weighted by atomic mass is 35.5. The van der Waals surface area contributed by atoms with Crippen LogP contribution in [0.5, 0.6) is 0 Å². The van der Waals surface area contributed by atoms with Crippen LogP contribution in [0.15, 0.2) is 0 Å². The molecule has 0 aromatic heterocycles. The van der Waals surface area contributed by atoms with E-state index in [9.17, 15) is 9.90 Å². The van der Waals surface area contributed by atoms with Crippen molar-refractivity contribution in [1.82, 2.24) is 4.90 Å². The van der Waals surface area contributed by atoms with E-state index in [0.717, 1.165) is 25.7 Å². The molecule has 2 heterocycles. The lowest BCUT2D eigenvalue weighted by Gasteiger charge is -2.41. The number of carbonyl (C=O) groups excluding carboxylic acids is 1. The van der Waals surface area contributed by atoms with Gasteiger partial charge in [-0.15, -0.1) is 11.6 Å². The largest absolute Gasteiger partial charge is 0.393 e. The Balaban J connectivity index is 2.14. The zero-order valence-electron chi connectivity index (χ0n) is 9.95. The number of hydrogen-bond donors (Lipinski definition) is 1. The highest BCUT2D eigenvalue weighted by molar-refractivity contribution is 6.19. The molecule has 0 saturated carbocycles. The van der Waals surface area contributed by atoms with Crippen molar-refractivity contribution >= 4 is 17.5 Å². The standard InChI is InChI=1S/C12H20ClNO2/c1-12(2,7-13)11(16)14-8-3-4-9(14)6-10(15)5-8/h8-10,15H,3-7H2,1-2H3. The minimum absolute atomic E-state index is 0.155. The van der Waals surface area contributed by atoms with E-state index in [2.05, 4.69) is 0 Å². The molecule has 92 valence electrons. The second-order valence-electron chi connectivity index (χ2n) is 5.74. The molecule has 0 aromatic carbocycles. The Morgan fingerprint density at radius 2 is 1.88 bits per heavy atom. The van der Waals surface area contributed by atoms with Gasteiger partial charge in [-0.1, -0.05) is 0 Å². The molecule has 3 nitrogen and oxygen atoms in total. The predicted octanol–water partition coefficient (Wildman–Crippen LogP) is 1.77. The molecule has 2 aliphatic heterocycles. The molecule has 2 atom stereocenters. The van der Waals surface area contributed by atoms with Crippen molar-refractivity contribution < 1.29 is 9.90 Å². The molecule has 0 radical (unpaired) electrons. The van der Waals surface area contributed by atoms with Crippen molar-refractivity contribution in [3.8, 4) is 0 Å². The van der Waals surface area contributed by atoms with Gasteiger partial charge < -0.3 is 10.0 Å². The van der Waals surface area contributed by atoms with Gasteiger partial charge >= 0.3 is 0 Å². The number of aliphatic hydroxyl groups excluding tert-OH is 1. The maximum Gasteiger partial charge on any atom is 0.229 e. The number of fused-ring (bicyclic) bond motifs is 2. The summed E-state index contributed by atoms with van der Waals surface area (Å²) < 4.78 is 0. The third kappa shape index (κ3) is 1.95. The highest BCUT2D eigenvalue weighted by Gasteiger charge is 2.46. The minimum atomic E-state index is -0.481. The van der Waals surface area contributed by atoms with Crippen LogP contribution in [-0.4, -0.2) is 40.0 Å². The first-order valence-corrected chi connectivity index (χ1v) is 6.56. The SMILES string of the molecule is CC(C)(CCl)C(=O)N1C2CCC1CC(O)C2. The van der Waals surface area contributed by atoms with E-state index in [4.69, 9.17) is 11.6 Å². The van der Waals surface area contributed by atoms with Crippen LogP contribution in [0.4, 0.5) is 0 Å². The van der Waals surface area contributed by atoms with Crippen LogP contribution in [0.2, 0.25) is 0 Å². The molecule has 0 spiro atoms. The Hall–Kier alpha value is -0.280. The van der Waals surface area contributed by atoms with Crippen LogP contribution in [0.25, 0.3) is 0 Å². The number of piperidine rings is 1. The molecule has 2 bridgehead atoms. The molecular formula is C12H20ClNO2. The number of aliphatic hydroxyl groups is 1. The summed E-state index contributed by atoms with van der Waals surface area (Å²) in [5, 5.41) is 9.69. The van der Waals surface area contributed by atoms with E-state index in [-0.39, 0.29) is 24.1 Å². The monoisotopic (exact) mass is 245 g/mol. The fourth-order valence-corrected chi connectivity index (χ4v) is 3.00. The highest BCUT2D eigenvalue weighted by Crippen LogP contribution is 2.38. The summed E-state index contributed by atoms with van der Waals surface area (Å²) >= 11 is 5.85. The molecule has 2 unspecified atom stereocenters. The number of alkyl halides is 1. The van der Waals surface area contributed by atoms with Gasteiger partial charge in [0.05, 0.1) is 11.5 Å². The maximum atomic E-state index is 12.4. The average Bonchev–Trinajstić information content (AvgIpc) is 2.50. The Kier molecular flexibility index (Phi) is 3.19. The van der Waals surface area contributed by atoms with Gasteiger partial charge in [-0.3, -0.25) is 4.79 Å². The lowest BCUT2D eigenvalue weighted by Crippen LogP contribution is -2.52. The van der Waals surface area contributed by atoms with Crippen LogP contribution < -0.4 is 0 Å². The number of hydrogen-bond acceptors (Lipinski definition) is 2. The van der Waals surface area contributed by atoms with Crippen molar-refractivity contribution in [2.24, 2.45) is 5.41 Å². The number of nitrogens with zero attached hydrogens (tertiary/aromatic N) is 1. The minimum Gasteiger partial charge on any atom is -0.393 e. The summed E-state index contributed by atoms with van der Waals surface area (Å²) in [7, 11) is 0. The van der Waals surface area contributed by atoms with Gasteiger partial charge in [-0.05, 0) is 39.5 Å². The average molecular weight is 246 g/mol. The van der Waals surface area contributed by atoms with Crippen molar-refractivity contribution in [2.75, 3.05) is 5.88 Å². The first-order valence-electron chi connectivity index (χ1n) is 6.02. The Morgan fingerprint density at radius 3 is 2.31 bits per heavy atom. The molecule has 1 N–H and O–H groups in total. The van der Waals surface area contributed by atoms with Crippen LogP contribution in [0, 0.1) is 5.41 Å². The molecule has 2 saturated heterocycles. The lowest BCUT2D eigenvalue weighted by molar-refractivity contribution is -0.145. The van der Waals surface area contributed by atoms with Gasteiger partial charge in [0, 0.05) is 18.0 Å². The third-order valence-electron chi connectivity index (χ3n) is 3.86. The topological polar surface area (TPSA) is 40.5 Å². The van der Waals surface area contributed by atoms with E-state index in [0.29, 0.717) is 5.88 Å². The Bertz CT molecular complexity index is 279. The van der Waals surface area contributed by atoms with E-state index >= 15 is 0 Å².